The molecule has 0 saturated carbocycles. The van der Waals surface area contributed by atoms with Crippen molar-refractivity contribution < 1.29 is 0 Å². The Morgan fingerprint density at radius 2 is 2.10 bits per heavy atom. The van der Waals surface area contributed by atoms with Gasteiger partial charge < -0.3 is 10.2 Å². The molecule has 1 aromatic rings. The Kier molecular flexibility index (Phi) is 5.65. The fourth-order valence-electron chi connectivity index (χ4n) is 2.57. The molecule has 0 atom stereocenters. The first-order valence-electron chi connectivity index (χ1n) is 7.72. The maximum absolute atomic E-state index is 12.1. The lowest BCUT2D eigenvalue weighted by Gasteiger charge is -2.30. The number of piperidine rings is 1. The molecule has 118 valence electrons. The van der Waals surface area contributed by atoms with Gasteiger partial charge in [0.05, 0.1) is 17.9 Å². The largest absolute Gasteiger partial charge is 0.381 e. The Labute approximate surface area is 131 Å². The number of hydrogen-bond donors (Lipinski definition) is 1. The second kappa shape index (κ2) is 7.27. The highest BCUT2D eigenvalue weighted by atomic mass is 35.5. The van der Waals surface area contributed by atoms with Gasteiger partial charge in [-0.15, -0.1) is 0 Å². The summed E-state index contributed by atoms with van der Waals surface area (Å²) in [6.45, 7) is 10.2. The van der Waals surface area contributed by atoms with Gasteiger partial charge in [0.1, 0.15) is 5.02 Å². The number of rotatable bonds is 5. The van der Waals surface area contributed by atoms with Crippen LogP contribution in [0.25, 0.3) is 0 Å². The van der Waals surface area contributed by atoms with Gasteiger partial charge in [-0.05, 0) is 45.7 Å². The number of nitrogens with zero attached hydrogens (tertiary/aromatic N) is 3. The molecule has 0 aromatic carbocycles. The molecule has 1 aliphatic heterocycles. The van der Waals surface area contributed by atoms with Crippen LogP contribution in [0.2, 0.25) is 5.02 Å². The molecule has 5 nitrogen and oxygen atoms in total. The van der Waals surface area contributed by atoms with E-state index in [0.717, 1.165) is 32.1 Å². The van der Waals surface area contributed by atoms with Crippen LogP contribution in [0, 0.1) is 5.92 Å². The lowest BCUT2D eigenvalue weighted by Crippen LogP contribution is -2.36. The molecule has 1 N–H and O–H groups in total. The van der Waals surface area contributed by atoms with Crippen molar-refractivity contribution in [3.63, 3.8) is 0 Å². The third kappa shape index (κ3) is 4.20. The van der Waals surface area contributed by atoms with E-state index in [1.54, 1.807) is 6.20 Å². The molecule has 1 saturated heterocycles. The Bertz CT molecular complexity index is 521. The van der Waals surface area contributed by atoms with Crippen LogP contribution in [0.15, 0.2) is 11.0 Å². The number of nitrogens with one attached hydrogen (secondary N) is 1. The predicted octanol–water partition coefficient (Wildman–Crippen LogP) is 2.62. The van der Waals surface area contributed by atoms with Crippen LogP contribution >= 0.6 is 11.6 Å². The van der Waals surface area contributed by atoms with Crippen LogP contribution in [-0.2, 0) is 0 Å². The Hall–Kier alpha value is -1.07. The standard InChI is InChI=1S/C15H25ClN4O/c1-11(2)20-15(21)14(16)13(10-18-20)17-6-9-19-7-4-12(3)5-8-19/h10-12,17H,4-9H2,1-3H3. The normalized spacial score (nSPS) is 17.4. The topological polar surface area (TPSA) is 50.2 Å². The second-order valence-corrected chi connectivity index (χ2v) is 6.54. The molecule has 0 radical (unpaired) electrons. The molecular weight excluding hydrogens is 288 g/mol. The smallest absolute Gasteiger partial charge is 0.287 e. The summed E-state index contributed by atoms with van der Waals surface area (Å²) in [5, 5.41) is 7.61. The van der Waals surface area contributed by atoms with Gasteiger partial charge in [0.2, 0.25) is 0 Å². The first-order valence-corrected chi connectivity index (χ1v) is 8.10. The van der Waals surface area contributed by atoms with Crippen LogP contribution in [0.3, 0.4) is 0 Å². The summed E-state index contributed by atoms with van der Waals surface area (Å²) in [6, 6.07) is 0.0133. The van der Waals surface area contributed by atoms with E-state index in [1.807, 2.05) is 13.8 Å². The van der Waals surface area contributed by atoms with Gasteiger partial charge in [-0.25, -0.2) is 4.68 Å². The average Bonchev–Trinajstić information content (AvgIpc) is 2.45. The van der Waals surface area contributed by atoms with Gasteiger partial charge in [-0.2, -0.15) is 5.10 Å². The van der Waals surface area contributed by atoms with Gasteiger partial charge in [0, 0.05) is 13.1 Å². The number of likely N-dealkylation sites (tertiary alicyclic amines) is 1. The highest BCUT2D eigenvalue weighted by molar-refractivity contribution is 6.32. The zero-order valence-corrected chi connectivity index (χ0v) is 13.9. The maximum atomic E-state index is 12.1. The van der Waals surface area contributed by atoms with Crippen LogP contribution in [0.4, 0.5) is 5.69 Å². The number of halogens is 1. The quantitative estimate of drug-likeness (QED) is 0.908. The SMILES string of the molecule is CC1CCN(CCNc2cnn(C(C)C)c(=O)c2Cl)CC1. The Morgan fingerprint density at radius 3 is 2.71 bits per heavy atom. The molecule has 1 fully saturated rings. The molecule has 1 aromatic heterocycles. The van der Waals surface area contributed by atoms with Gasteiger partial charge in [0.15, 0.2) is 0 Å². The molecule has 0 spiro atoms. The molecule has 6 heteroatoms. The van der Waals surface area contributed by atoms with Crippen LogP contribution in [-0.4, -0.2) is 40.9 Å². The van der Waals surface area contributed by atoms with E-state index in [9.17, 15) is 4.79 Å². The lowest BCUT2D eigenvalue weighted by molar-refractivity contribution is 0.199. The van der Waals surface area contributed by atoms with E-state index in [0.29, 0.717) is 5.69 Å². The van der Waals surface area contributed by atoms with Crippen molar-refractivity contribution in [2.24, 2.45) is 5.92 Å². The number of aromatic nitrogens is 2. The fourth-order valence-corrected chi connectivity index (χ4v) is 2.77. The zero-order valence-electron chi connectivity index (χ0n) is 13.1. The minimum Gasteiger partial charge on any atom is -0.381 e. The highest BCUT2D eigenvalue weighted by Gasteiger charge is 2.15. The summed E-state index contributed by atoms with van der Waals surface area (Å²) in [7, 11) is 0. The average molecular weight is 313 g/mol. The second-order valence-electron chi connectivity index (χ2n) is 6.17. The van der Waals surface area contributed by atoms with E-state index >= 15 is 0 Å². The van der Waals surface area contributed by atoms with E-state index < -0.39 is 0 Å². The van der Waals surface area contributed by atoms with Gasteiger partial charge in [-0.3, -0.25) is 4.79 Å². The van der Waals surface area contributed by atoms with Crippen molar-refractivity contribution in [1.29, 1.82) is 0 Å². The molecule has 0 aliphatic carbocycles. The molecular formula is C15H25ClN4O. The summed E-state index contributed by atoms with van der Waals surface area (Å²) in [5.74, 6) is 0.844. The maximum Gasteiger partial charge on any atom is 0.287 e. The fraction of sp³-hybridized carbons (Fsp3) is 0.733. The summed E-state index contributed by atoms with van der Waals surface area (Å²) >= 11 is 6.13. The minimum atomic E-state index is -0.233. The molecule has 21 heavy (non-hydrogen) atoms. The lowest BCUT2D eigenvalue weighted by atomic mass is 9.99. The third-order valence-electron chi connectivity index (χ3n) is 4.05. The van der Waals surface area contributed by atoms with Gasteiger partial charge in [0.25, 0.3) is 5.56 Å². The van der Waals surface area contributed by atoms with Crippen molar-refractivity contribution in [3.8, 4) is 0 Å². The van der Waals surface area contributed by atoms with E-state index in [4.69, 9.17) is 11.6 Å². The van der Waals surface area contributed by atoms with Gasteiger partial charge >= 0.3 is 0 Å². The summed E-state index contributed by atoms with van der Waals surface area (Å²) in [5.41, 5.74) is 0.396. The van der Waals surface area contributed by atoms with Crippen LogP contribution < -0.4 is 10.9 Å². The van der Waals surface area contributed by atoms with E-state index in [-0.39, 0.29) is 16.6 Å². The molecule has 1 aliphatic rings. The van der Waals surface area contributed by atoms with Crippen LogP contribution in [0.1, 0.15) is 39.7 Å². The number of anilines is 1. The molecule has 0 unspecified atom stereocenters. The van der Waals surface area contributed by atoms with Crippen molar-refractivity contribution in [3.05, 3.63) is 21.6 Å². The summed E-state index contributed by atoms with van der Waals surface area (Å²) in [6.07, 6.45) is 4.18. The first kappa shape index (κ1) is 16.3. The first-order chi connectivity index (χ1) is 9.99. The van der Waals surface area contributed by atoms with Crippen molar-refractivity contribution in [2.45, 2.75) is 39.7 Å². The molecule has 2 heterocycles. The van der Waals surface area contributed by atoms with Crippen molar-refractivity contribution in [1.82, 2.24) is 14.7 Å². The summed E-state index contributed by atoms with van der Waals surface area (Å²) in [4.78, 5) is 14.5. The molecule has 0 bridgehead atoms. The predicted molar refractivity (Wildman–Crippen MR) is 87.2 cm³/mol. The third-order valence-corrected chi connectivity index (χ3v) is 4.42. The monoisotopic (exact) mass is 312 g/mol. The van der Waals surface area contributed by atoms with Crippen molar-refractivity contribution in [2.75, 3.05) is 31.5 Å². The minimum absolute atomic E-state index is 0.0133. The van der Waals surface area contributed by atoms with Crippen molar-refractivity contribution >= 4 is 17.3 Å². The van der Waals surface area contributed by atoms with Gasteiger partial charge in [-0.1, -0.05) is 18.5 Å². The highest BCUT2D eigenvalue weighted by Crippen LogP contribution is 2.17. The van der Waals surface area contributed by atoms with E-state index in [2.05, 4.69) is 22.2 Å². The Balaban J connectivity index is 1.89. The van der Waals surface area contributed by atoms with E-state index in [1.165, 1.54) is 17.5 Å². The molecule has 2 rings (SSSR count). The zero-order chi connectivity index (χ0) is 15.4. The summed E-state index contributed by atoms with van der Waals surface area (Å²) < 4.78 is 1.40. The van der Waals surface area contributed by atoms with Crippen LogP contribution in [0.5, 0.6) is 0 Å². The molecule has 0 amide bonds. The Morgan fingerprint density at radius 1 is 1.43 bits per heavy atom. The number of hydrogen-bond acceptors (Lipinski definition) is 4.